The average molecular weight is 537 g/mol. The van der Waals surface area contributed by atoms with Crippen LogP contribution < -0.4 is 0 Å². The van der Waals surface area contributed by atoms with E-state index in [-0.39, 0.29) is 5.57 Å². The molecule has 202 valence electrons. The van der Waals surface area contributed by atoms with Gasteiger partial charge in [0.1, 0.15) is 0 Å². The van der Waals surface area contributed by atoms with E-state index >= 15 is 0 Å². The highest BCUT2D eigenvalue weighted by atomic mass is 35.5. The topological polar surface area (TPSA) is 12.4 Å². The number of benzene rings is 1. The Morgan fingerprint density at radius 3 is 1.86 bits per heavy atom. The Hall–Kier alpha value is -1.26. The number of aryl methyl sites for hydroxylation is 1. The van der Waals surface area contributed by atoms with Gasteiger partial charge in [0, 0.05) is 34.5 Å². The van der Waals surface area contributed by atoms with Crippen LogP contribution in [0.15, 0.2) is 40.4 Å². The highest BCUT2D eigenvalue weighted by Crippen LogP contribution is 2.29. The lowest BCUT2D eigenvalue weighted by Gasteiger charge is -2.18. The van der Waals surface area contributed by atoms with Crippen molar-refractivity contribution >= 4 is 29.4 Å². The van der Waals surface area contributed by atoms with E-state index in [2.05, 4.69) is 25.4 Å². The molecule has 0 heterocycles. The summed E-state index contributed by atoms with van der Waals surface area (Å²) in [5.41, 5.74) is 1.94. The van der Waals surface area contributed by atoms with Crippen LogP contribution in [-0.2, 0) is 6.42 Å². The van der Waals surface area contributed by atoms with Crippen molar-refractivity contribution in [1.29, 1.82) is 0 Å². The first-order valence-corrected chi connectivity index (χ1v) is 13.4. The fraction of sp³-hybridized carbons (Fsp3) is 0.621. The number of alkyl halides is 3. The first-order chi connectivity index (χ1) is 16.4. The molecule has 0 spiro atoms. The number of halogens is 5. The number of rotatable bonds is 5. The van der Waals surface area contributed by atoms with Crippen LogP contribution in [0.5, 0.6) is 0 Å². The second-order valence-corrected chi connectivity index (χ2v) is 9.39. The molecule has 0 atom stereocenters. The normalized spacial score (nSPS) is 14.5. The fourth-order valence-electron chi connectivity index (χ4n) is 3.62. The minimum absolute atomic E-state index is 0.0509. The van der Waals surface area contributed by atoms with Gasteiger partial charge in [-0.15, -0.1) is 0 Å². The minimum atomic E-state index is -4.31. The van der Waals surface area contributed by atoms with E-state index < -0.39 is 11.7 Å². The lowest BCUT2D eigenvalue weighted by Crippen LogP contribution is -2.12. The van der Waals surface area contributed by atoms with E-state index in [0.717, 1.165) is 46.9 Å². The van der Waals surface area contributed by atoms with Gasteiger partial charge in [-0.25, -0.2) is 0 Å². The van der Waals surface area contributed by atoms with Crippen molar-refractivity contribution < 1.29 is 13.2 Å². The molecular weight excluding hydrogens is 490 g/mol. The average Bonchev–Trinajstić information content (AvgIpc) is 2.81. The van der Waals surface area contributed by atoms with E-state index in [0.29, 0.717) is 5.57 Å². The smallest absolute Gasteiger partial charge is 0.296 e. The second-order valence-electron chi connectivity index (χ2n) is 8.57. The summed E-state index contributed by atoms with van der Waals surface area (Å²) in [5, 5.41) is 1.59. The van der Waals surface area contributed by atoms with Gasteiger partial charge in [0.05, 0.1) is 0 Å². The molecule has 1 aromatic rings. The summed E-state index contributed by atoms with van der Waals surface area (Å²) < 4.78 is 36.7. The molecule has 1 aliphatic rings. The molecule has 1 nitrogen and oxygen atoms in total. The third kappa shape index (κ3) is 15.5. The van der Waals surface area contributed by atoms with Crippen LogP contribution in [0.2, 0.25) is 10.0 Å². The van der Waals surface area contributed by atoms with E-state index in [1.165, 1.54) is 58.7 Å². The number of hydrogen-bond acceptors (Lipinski definition) is 1. The van der Waals surface area contributed by atoms with Gasteiger partial charge >= 0.3 is 6.18 Å². The van der Waals surface area contributed by atoms with Crippen molar-refractivity contribution in [3.63, 3.8) is 0 Å². The molecule has 6 heteroatoms. The molecule has 0 aliphatic heterocycles. The van der Waals surface area contributed by atoms with E-state index in [4.69, 9.17) is 23.2 Å². The molecule has 0 saturated heterocycles. The van der Waals surface area contributed by atoms with Crippen LogP contribution in [0.4, 0.5) is 13.2 Å². The number of allylic oxidation sites excluding steroid dienone is 3. The maximum absolute atomic E-state index is 12.2. The molecule has 0 unspecified atom stereocenters. The van der Waals surface area contributed by atoms with Crippen LogP contribution in [0.1, 0.15) is 97.6 Å². The molecule has 0 bridgehead atoms. The maximum Gasteiger partial charge on any atom is 0.413 e. The van der Waals surface area contributed by atoms with Crippen LogP contribution >= 0.6 is 23.2 Å². The molecule has 1 aliphatic carbocycles. The fourth-order valence-corrected chi connectivity index (χ4v) is 4.41. The SMILES string of the molecule is C=C(C)/C(C=NC)=C(/C)C(F)(F)F.CC.CCC1CCCCC1.CCCc1c(Cl)cc(C)cc1Cl. The van der Waals surface area contributed by atoms with Gasteiger partial charge in [-0.2, -0.15) is 13.2 Å². The second kappa shape index (κ2) is 19.9. The molecular formula is C29H46Cl2F3N. The third-order valence-electron chi connectivity index (χ3n) is 5.63. The quantitative estimate of drug-likeness (QED) is 0.262. The molecule has 0 amide bonds. The summed E-state index contributed by atoms with van der Waals surface area (Å²) in [4.78, 5) is 3.55. The molecule has 1 fully saturated rings. The Balaban J connectivity index is 0. The summed E-state index contributed by atoms with van der Waals surface area (Å²) in [6, 6.07) is 3.91. The number of nitrogens with zero attached hydrogens (tertiary/aromatic N) is 1. The Kier molecular flexibility index (Phi) is 20.4. The van der Waals surface area contributed by atoms with Crippen molar-refractivity contribution in [2.24, 2.45) is 10.9 Å². The van der Waals surface area contributed by atoms with Crippen molar-refractivity contribution in [2.45, 2.75) is 106 Å². The van der Waals surface area contributed by atoms with E-state index in [1.807, 2.05) is 32.9 Å². The summed E-state index contributed by atoms with van der Waals surface area (Å²) in [6.07, 6.45) is 7.82. The third-order valence-corrected chi connectivity index (χ3v) is 6.31. The zero-order valence-electron chi connectivity index (χ0n) is 23.0. The first-order valence-electron chi connectivity index (χ1n) is 12.7. The molecule has 1 saturated carbocycles. The van der Waals surface area contributed by atoms with Crippen molar-refractivity contribution in [1.82, 2.24) is 0 Å². The molecule has 0 N–H and O–H groups in total. The molecule has 0 radical (unpaired) electrons. The minimum Gasteiger partial charge on any atom is -0.296 e. The Bertz CT molecular complexity index is 767. The first kappa shape index (κ1) is 35.9. The maximum atomic E-state index is 12.2. The van der Waals surface area contributed by atoms with Gasteiger partial charge in [0.15, 0.2) is 0 Å². The van der Waals surface area contributed by atoms with Crippen LogP contribution in [0.3, 0.4) is 0 Å². The lowest BCUT2D eigenvalue weighted by molar-refractivity contribution is -0.0916. The molecule has 0 aromatic heterocycles. The van der Waals surface area contributed by atoms with Gasteiger partial charge < -0.3 is 0 Å². The van der Waals surface area contributed by atoms with Crippen LogP contribution in [0, 0.1) is 12.8 Å². The molecule has 35 heavy (non-hydrogen) atoms. The Morgan fingerprint density at radius 2 is 1.54 bits per heavy atom. The highest BCUT2D eigenvalue weighted by molar-refractivity contribution is 6.36. The zero-order valence-corrected chi connectivity index (χ0v) is 24.5. The standard InChI is InChI=1S/C10H12Cl2.C9H12F3N.C8H16.C2H6/c1-3-4-8-9(11)5-7(2)6-10(8)12;1-6(2)8(5-13-4)7(3)9(10,11)12;1-2-8-6-4-3-5-7-8;1-2/h5-6H,3-4H2,1-2H3;5H,1H2,2-4H3;8H,2-7H2,1H3;1-2H3/b;8-7-,13-5?;;. The van der Waals surface area contributed by atoms with Crippen molar-refractivity contribution in [3.8, 4) is 0 Å². The predicted octanol–water partition coefficient (Wildman–Crippen LogP) is 11.4. The van der Waals surface area contributed by atoms with E-state index in [1.54, 1.807) is 0 Å². The largest absolute Gasteiger partial charge is 0.413 e. The zero-order chi connectivity index (χ0) is 27.6. The summed E-state index contributed by atoms with van der Waals surface area (Å²) in [6.45, 7) is 16.4. The van der Waals surface area contributed by atoms with Gasteiger partial charge in [0.25, 0.3) is 0 Å². The van der Waals surface area contributed by atoms with Crippen LogP contribution in [-0.4, -0.2) is 19.4 Å². The summed E-state index contributed by atoms with van der Waals surface area (Å²) in [7, 11) is 1.42. The number of aliphatic imine (C=N–C) groups is 1. The monoisotopic (exact) mass is 535 g/mol. The van der Waals surface area contributed by atoms with Gasteiger partial charge in [-0.3, -0.25) is 4.99 Å². The Morgan fingerprint density at radius 1 is 1.06 bits per heavy atom. The van der Waals surface area contributed by atoms with E-state index in [9.17, 15) is 13.2 Å². The molecule has 1 aromatic carbocycles. The number of hydrogen-bond donors (Lipinski definition) is 0. The van der Waals surface area contributed by atoms with Gasteiger partial charge in [-0.05, 0) is 61.9 Å². The summed E-state index contributed by atoms with van der Waals surface area (Å²) >= 11 is 12.1. The van der Waals surface area contributed by atoms with Crippen LogP contribution in [0.25, 0.3) is 0 Å². The van der Waals surface area contributed by atoms with Gasteiger partial charge in [0.2, 0.25) is 0 Å². The summed E-state index contributed by atoms with van der Waals surface area (Å²) in [5.74, 6) is 1.09. The van der Waals surface area contributed by atoms with Crippen molar-refractivity contribution in [2.75, 3.05) is 7.05 Å². The lowest BCUT2D eigenvalue weighted by atomic mass is 9.88. The van der Waals surface area contributed by atoms with Gasteiger partial charge in [-0.1, -0.05) is 102 Å². The predicted molar refractivity (Wildman–Crippen MR) is 151 cm³/mol. The molecule has 2 rings (SSSR count). The van der Waals surface area contributed by atoms with Crippen molar-refractivity contribution in [3.05, 3.63) is 56.6 Å². The Labute approximate surface area is 222 Å². The highest BCUT2D eigenvalue weighted by Gasteiger charge is 2.32.